The maximum atomic E-state index is 12.2. The van der Waals surface area contributed by atoms with Gasteiger partial charge >= 0.3 is 5.97 Å². The molecule has 5 nitrogen and oxygen atoms in total. The van der Waals surface area contributed by atoms with Crippen LogP contribution in [0.2, 0.25) is 0 Å². The molecule has 0 bridgehead atoms. The van der Waals surface area contributed by atoms with Crippen molar-refractivity contribution in [2.24, 2.45) is 0 Å². The molecule has 0 aliphatic heterocycles. The molecule has 0 aliphatic carbocycles. The van der Waals surface area contributed by atoms with Crippen molar-refractivity contribution in [3.63, 3.8) is 0 Å². The van der Waals surface area contributed by atoms with Crippen LogP contribution in [0.5, 0.6) is 5.75 Å². The molecule has 0 atom stereocenters. The number of aliphatic carboxylic acids is 1. The van der Waals surface area contributed by atoms with Gasteiger partial charge in [0.25, 0.3) is 5.91 Å². The molecule has 0 unspecified atom stereocenters. The Bertz CT molecular complexity index is 1030. The number of hydrogen-bond donors (Lipinski definition) is 2. The van der Waals surface area contributed by atoms with Crippen LogP contribution in [0.3, 0.4) is 0 Å². The summed E-state index contributed by atoms with van der Waals surface area (Å²) in [6.45, 7) is 0.419. The van der Waals surface area contributed by atoms with Gasteiger partial charge in [-0.3, -0.25) is 4.79 Å². The number of carboxylic acid groups (broad SMARTS) is 1. The SMILES string of the molecule is O=C(O)/C(=C/c1ccc(OCc2cccc(Br)c2)cc1)NC(=O)c1ccccc1. The Morgan fingerprint density at radius 3 is 2.34 bits per heavy atom. The predicted molar refractivity (Wildman–Crippen MR) is 114 cm³/mol. The monoisotopic (exact) mass is 451 g/mol. The predicted octanol–water partition coefficient (Wildman–Crippen LogP) is 4.88. The van der Waals surface area contributed by atoms with Crippen LogP contribution in [0, 0.1) is 0 Å². The highest BCUT2D eigenvalue weighted by atomic mass is 79.9. The number of nitrogens with one attached hydrogen (secondary N) is 1. The second-order valence-corrected chi connectivity index (χ2v) is 7.09. The normalized spacial score (nSPS) is 11.0. The van der Waals surface area contributed by atoms with Gasteiger partial charge in [0.1, 0.15) is 18.1 Å². The zero-order valence-corrected chi connectivity index (χ0v) is 16.9. The third-order valence-corrected chi connectivity index (χ3v) is 4.49. The molecule has 0 fully saturated rings. The van der Waals surface area contributed by atoms with Crippen LogP contribution in [0.4, 0.5) is 0 Å². The minimum Gasteiger partial charge on any atom is -0.489 e. The second kappa shape index (κ2) is 9.71. The molecule has 146 valence electrons. The minimum atomic E-state index is -1.22. The van der Waals surface area contributed by atoms with Crippen LogP contribution >= 0.6 is 15.9 Å². The standard InChI is InChI=1S/C23H18BrNO4/c24-19-8-4-5-17(13-19)15-29-20-11-9-16(10-12-20)14-21(23(27)28)25-22(26)18-6-2-1-3-7-18/h1-14H,15H2,(H,25,26)(H,27,28)/b21-14-. The van der Waals surface area contributed by atoms with Crippen LogP contribution in [0.1, 0.15) is 21.5 Å². The third kappa shape index (κ3) is 6.05. The first-order valence-electron chi connectivity index (χ1n) is 8.80. The Hall–Kier alpha value is -3.38. The fourth-order valence-electron chi connectivity index (χ4n) is 2.56. The number of carbonyl (C=O) groups is 2. The van der Waals surface area contributed by atoms with Crippen LogP contribution in [0.25, 0.3) is 6.08 Å². The number of carboxylic acids is 1. The summed E-state index contributed by atoms with van der Waals surface area (Å²) < 4.78 is 6.73. The minimum absolute atomic E-state index is 0.207. The average Bonchev–Trinajstić information content (AvgIpc) is 2.73. The number of hydrogen-bond acceptors (Lipinski definition) is 3. The van der Waals surface area contributed by atoms with E-state index in [4.69, 9.17) is 4.74 Å². The Balaban J connectivity index is 1.67. The topological polar surface area (TPSA) is 75.6 Å². The van der Waals surface area contributed by atoms with Crippen molar-refractivity contribution in [2.75, 3.05) is 0 Å². The summed E-state index contributed by atoms with van der Waals surface area (Å²) in [5, 5.41) is 11.8. The lowest BCUT2D eigenvalue weighted by Gasteiger charge is -2.08. The summed E-state index contributed by atoms with van der Waals surface area (Å²) >= 11 is 3.42. The molecule has 6 heteroatoms. The van der Waals surface area contributed by atoms with Gasteiger partial charge in [0.15, 0.2) is 0 Å². The summed E-state index contributed by atoms with van der Waals surface area (Å²) in [5.74, 6) is -1.04. The lowest BCUT2D eigenvalue weighted by molar-refractivity contribution is -0.132. The van der Waals surface area contributed by atoms with E-state index >= 15 is 0 Å². The zero-order valence-electron chi connectivity index (χ0n) is 15.3. The van der Waals surface area contributed by atoms with Gasteiger partial charge in [0, 0.05) is 10.0 Å². The fraction of sp³-hybridized carbons (Fsp3) is 0.0435. The van der Waals surface area contributed by atoms with Gasteiger partial charge in [-0.15, -0.1) is 0 Å². The quantitative estimate of drug-likeness (QED) is 0.501. The van der Waals surface area contributed by atoms with Gasteiger partial charge in [-0.25, -0.2) is 4.79 Å². The smallest absolute Gasteiger partial charge is 0.352 e. The molecule has 3 aromatic carbocycles. The van der Waals surface area contributed by atoms with Crippen molar-refractivity contribution < 1.29 is 19.4 Å². The Morgan fingerprint density at radius 1 is 0.966 bits per heavy atom. The molecule has 0 saturated carbocycles. The van der Waals surface area contributed by atoms with Gasteiger partial charge in [0.05, 0.1) is 0 Å². The van der Waals surface area contributed by atoms with E-state index in [1.54, 1.807) is 54.6 Å². The van der Waals surface area contributed by atoms with Crippen molar-refractivity contribution in [2.45, 2.75) is 6.61 Å². The van der Waals surface area contributed by atoms with Gasteiger partial charge in [-0.1, -0.05) is 58.4 Å². The number of carbonyl (C=O) groups excluding carboxylic acids is 1. The van der Waals surface area contributed by atoms with Gasteiger partial charge < -0.3 is 15.2 Å². The van der Waals surface area contributed by atoms with E-state index in [1.165, 1.54) is 6.08 Å². The number of amides is 1. The van der Waals surface area contributed by atoms with Gasteiger partial charge in [-0.05, 0) is 53.6 Å². The summed E-state index contributed by atoms with van der Waals surface area (Å²) in [6.07, 6.45) is 1.40. The van der Waals surface area contributed by atoms with E-state index in [2.05, 4.69) is 21.2 Å². The lowest BCUT2D eigenvalue weighted by atomic mass is 10.1. The zero-order chi connectivity index (χ0) is 20.6. The highest BCUT2D eigenvalue weighted by Crippen LogP contribution is 2.18. The van der Waals surface area contributed by atoms with E-state index in [9.17, 15) is 14.7 Å². The summed E-state index contributed by atoms with van der Waals surface area (Å²) in [5.41, 5.74) is 1.84. The van der Waals surface area contributed by atoms with Gasteiger partial charge in [-0.2, -0.15) is 0 Å². The first kappa shape index (κ1) is 20.4. The Labute approximate surface area is 176 Å². The molecular weight excluding hydrogens is 434 g/mol. The van der Waals surface area contributed by atoms with Crippen molar-refractivity contribution in [1.82, 2.24) is 5.32 Å². The summed E-state index contributed by atoms with van der Waals surface area (Å²) in [4.78, 5) is 23.7. The summed E-state index contributed by atoms with van der Waals surface area (Å²) in [7, 11) is 0. The van der Waals surface area contributed by atoms with Crippen molar-refractivity contribution in [1.29, 1.82) is 0 Å². The van der Waals surface area contributed by atoms with Gasteiger partial charge in [0.2, 0.25) is 0 Å². The maximum absolute atomic E-state index is 12.2. The molecule has 3 rings (SSSR count). The van der Waals surface area contributed by atoms with Crippen molar-refractivity contribution in [3.8, 4) is 5.75 Å². The number of rotatable bonds is 7. The molecule has 0 radical (unpaired) electrons. The molecule has 2 N–H and O–H groups in total. The third-order valence-electron chi connectivity index (χ3n) is 4.00. The average molecular weight is 452 g/mol. The van der Waals surface area contributed by atoms with Crippen molar-refractivity contribution in [3.05, 3.63) is 106 Å². The van der Waals surface area contributed by atoms with E-state index in [1.807, 2.05) is 24.3 Å². The molecule has 0 heterocycles. The van der Waals surface area contributed by atoms with E-state index < -0.39 is 11.9 Å². The second-order valence-electron chi connectivity index (χ2n) is 6.17. The molecule has 0 aromatic heterocycles. The van der Waals surface area contributed by atoms with E-state index in [0.717, 1.165) is 10.0 Å². The Morgan fingerprint density at radius 2 is 1.69 bits per heavy atom. The largest absolute Gasteiger partial charge is 0.489 e. The number of ether oxygens (including phenoxy) is 1. The van der Waals surface area contributed by atoms with E-state index in [0.29, 0.717) is 23.5 Å². The van der Waals surface area contributed by atoms with E-state index in [-0.39, 0.29) is 5.70 Å². The molecule has 0 aliphatic rings. The first-order chi connectivity index (χ1) is 14.0. The maximum Gasteiger partial charge on any atom is 0.352 e. The first-order valence-corrected chi connectivity index (χ1v) is 9.59. The van der Waals surface area contributed by atoms with Crippen LogP contribution in [0.15, 0.2) is 89.0 Å². The molecule has 29 heavy (non-hydrogen) atoms. The van der Waals surface area contributed by atoms with Crippen LogP contribution in [-0.2, 0) is 11.4 Å². The molecule has 1 amide bonds. The highest BCUT2D eigenvalue weighted by molar-refractivity contribution is 9.10. The van der Waals surface area contributed by atoms with Crippen LogP contribution < -0.4 is 10.1 Å². The molecule has 0 saturated heterocycles. The molecule has 0 spiro atoms. The van der Waals surface area contributed by atoms with Crippen LogP contribution in [-0.4, -0.2) is 17.0 Å². The molecular formula is C23H18BrNO4. The lowest BCUT2D eigenvalue weighted by Crippen LogP contribution is -2.27. The summed E-state index contributed by atoms with van der Waals surface area (Å²) in [6, 6.07) is 23.2. The highest BCUT2D eigenvalue weighted by Gasteiger charge is 2.13. The Kier molecular flexibility index (Phi) is 6.81. The van der Waals surface area contributed by atoms with Crippen molar-refractivity contribution >= 4 is 33.9 Å². The fourth-order valence-corrected chi connectivity index (χ4v) is 3.00. The number of halogens is 1. The number of benzene rings is 3. The molecule has 3 aromatic rings.